The second-order valence-electron chi connectivity index (χ2n) is 17.5. The molecule has 0 spiro atoms. The Labute approximate surface area is 352 Å². The van der Waals surface area contributed by atoms with Crippen molar-refractivity contribution < 1.29 is 24.3 Å². The number of aromatic hydroxyl groups is 1. The van der Waals surface area contributed by atoms with Crippen molar-refractivity contribution in [2.75, 3.05) is 18.0 Å². The van der Waals surface area contributed by atoms with Crippen molar-refractivity contribution in [1.82, 2.24) is 19.6 Å². The number of anilines is 1. The van der Waals surface area contributed by atoms with Crippen LogP contribution in [0.2, 0.25) is 5.02 Å². The quantitative estimate of drug-likeness (QED) is 0.136. The predicted octanol–water partition coefficient (Wildman–Crippen LogP) is 8.17. The molecular weight excluding hydrogens is 782 g/mol. The number of hydrogen-bond acceptors (Lipinski definition) is 8. The SMILES string of the molecule is Cc1cc(C2C3=CCC4C(=O)N(C5CCN(Cc6ccccc6)CC5)C(=O)C4C3CC3C(=O)N(c4cc(-c5sc6ccc(Cl)cc6c5C)nn4C)C(=O)C32C)ccc1O. The van der Waals surface area contributed by atoms with Gasteiger partial charge in [0, 0.05) is 54.4 Å². The van der Waals surface area contributed by atoms with Crippen LogP contribution in [0.15, 0.2) is 84.4 Å². The van der Waals surface area contributed by atoms with E-state index in [2.05, 4.69) is 23.1 Å². The van der Waals surface area contributed by atoms with Crippen LogP contribution >= 0.6 is 22.9 Å². The number of nitrogens with zero attached hydrogens (tertiary/aromatic N) is 5. The number of piperidine rings is 1. The Balaban J connectivity index is 0.992. The first kappa shape index (κ1) is 38.1. The molecular formula is C47H46ClN5O5S. The molecule has 302 valence electrons. The Morgan fingerprint density at radius 3 is 2.42 bits per heavy atom. The van der Waals surface area contributed by atoms with Crippen molar-refractivity contribution in [2.24, 2.45) is 36.1 Å². The lowest BCUT2D eigenvalue weighted by Gasteiger charge is -2.49. The van der Waals surface area contributed by atoms with E-state index in [1.807, 2.05) is 75.4 Å². The third-order valence-electron chi connectivity index (χ3n) is 14.2. The van der Waals surface area contributed by atoms with Gasteiger partial charge in [-0.2, -0.15) is 5.10 Å². The lowest BCUT2D eigenvalue weighted by Crippen LogP contribution is -2.49. The molecule has 0 radical (unpaired) electrons. The maximum Gasteiger partial charge on any atom is 0.242 e. The summed E-state index contributed by atoms with van der Waals surface area (Å²) < 4.78 is 2.67. The highest BCUT2D eigenvalue weighted by molar-refractivity contribution is 7.22. The van der Waals surface area contributed by atoms with Crippen molar-refractivity contribution in [1.29, 1.82) is 0 Å². The number of halogens is 1. The van der Waals surface area contributed by atoms with Crippen molar-refractivity contribution in [3.63, 3.8) is 0 Å². The third-order valence-corrected chi connectivity index (χ3v) is 15.8. The van der Waals surface area contributed by atoms with Gasteiger partial charge in [0.05, 0.1) is 28.0 Å². The number of phenolic OH excluding ortho intramolecular Hbond substituents is 1. The summed E-state index contributed by atoms with van der Waals surface area (Å²) >= 11 is 7.93. The van der Waals surface area contributed by atoms with Crippen LogP contribution in [0, 0.1) is 42.9 Å². The smallest absolute Gasteiger partial charge is 0.242 e. The first-order chi connectivity index (χ1) is 28.3. The van der Waals surface area contributed by atoms with E-state index >= 15 is 9.59 Å². The zero-order valence-corrected chi connectivity index (χ0v) is 35.1. The van der Waals surface area contributed by atoms with Gasteiger partial charge in [-0.15, -0.1) is 11.3 Å². The number of phenols is 1. The lowest BCUT2D eigenvalue weighted by atomic mass is 9.51. The van der Waals surface area contributed by atoms with Crippen LogP contribution in [0.1, 0.15) is 60.8 Å². The number of amides is 4. The minimum Gasteiger partial charge on any atom is -0.508 e. The van der Waals surface area contributed by atoms with E-state index in [1.54, 1.807) is 34.0 Å². The third kappa shape index (κ3) is 5.79. The summed E-state index contributed by atoms with van der Waals surface area (Å²) in [6.07, 6.45) is 4.20. The summed E-state index contributed by atoms with van der Waals surface area (Å²) in [7, 11) is 1.75. The van der Waals surface area contributed by atoms with Crippen LogP contribution in [-0.2, 0) is 32.8 Å². The Hall–Kier alpha value is -5.10. The Morgan fingerprint density at radius 1 is 0.915 bits per heavy atom. The molecule has 4 amide bonds. The molecule has 10 nitrogen and oxygen atoms in total. The topological polar surface area (TPSA) is 116 Å². The van der Waals surface area contributed by atoms with Gasteiger partial charge in [0.15, 0.2) is 0 Å². The zero-order chi connectivity index (χ0) is 41.1. The molecule has 1 saturated carbocycles. The summed E-state index contributed by atoms with van der Waals surface area (Å²) in [6, 6.07) is 23.2. The predicted molar refractivity (Wildman–Crippen MR) is 228 cm³/mol. The number of likely N-dealkylation sites (tertiary alicyclic amines) is 2. The summed E-state index contributed by atoms with van der Waals surface area (Å²) in [6.45, 7) is 8.15. The number of carbonyl (C=O) groups is 4. The number of aromatic nitrogens is 2. The molecule has 5 aromatic rings. The van der Waals surface area contributed by atoms with Gasteiger partial charge in [0.1, 0.15) is 17.3 Å². The van der Waals surface area contributed by atoms with E-state index in [9.17, 15) is 14.7 Å². The van der Waals surface area contributed by atoms with Crippen molar-refractivity contribution in [3.8, 4) is 16.3 Å². The van der Waals surface area contributed by atoms with Crippen LogP contribution in [0.4, 0.5) is 5.82 Å². The van der Waals surface area contributed by atoms with E-state index in [4.69, 9.17) is 16.7 Å². The average molecular weight is 828 g/mol. The number of rotatable bonds is 6. The molecule has 3 aliphatic heterocycles. The van der Waals surface area contributed by atoms with Gasteiger partial charge in [0.2, 0.25) is 23.6 Å². The first-order valence-corrected chi connectivity index (χ1v) is 21.8. The van der Waals surface area contributed by atoms with E-state index in [-0.39, 0.29) is 41.8 Å². The van der Waals surface area contributed by atoms with Crippen LogP contribution < -0.4 is 4.90 Å². The number of fused-ring (bicyclic) bond motifs is 5. The maximum absolute atomic E-state index is 15.2. The first-order valence-electron chi connectivity index (χ1n) is 20.6. The average Bonchev–Trinajstić information content (AvgIpc) is 3.90. The van der Waals surface area contributed by atoms with Gasteiger partial charge < -0.3 is 5.11 Å². The highest BCUT2D eigenvalue weighted by atomic mass is 35.5. The van der Waals surface area contributed by atoms with E-state index in [0.29, 0.717) is 41.4 Å². The summed E-state index contributed by atoms with van der Waals surface area (Å²) in [5, 5.41) is 17.1. The number of aryl methyl sites for hydroxylation is 3. The number of carbonyl (C=O) groups excluding carboxylic acids is 4. The summed E-state index contributed by atoms with van der Waals surface area (Å²) in [5.74, 6) is -3.24. The van der Waals surface area contributed by atoms with Gasteiger partial charge >= 0.3 is 0 Å². The molecule has 6 unspecified atom stereocenters. The molecule has 1 N–H and O–H groups in total. The Kier molecular flexibility index (Phi) is 9.04. The zero-order valence-electron chi connectivity index (χ0n) is 33.5. The van der Waals surface area contributed by atoms with Gasteiger partial charge in [-0.25, -0.2) is 4.90 Å². The van der Waals surface area contributed by atoms with Gasteiger partial charge in [-0.1, -0.05) is 65.7 Å². The Morgan fingerprint density at radius 2 is 1.68 bits per heavy atom. The second kappa shape index (κ2) is 14.0. The molecule has 2 aliphatic carbocycles. The van der Waals surface area contributed by atoms with Crippen molar-refractivity contribution in [3.05, 3.63) is 112 Å². The molecule has 0 bridgehead atoms. The molecule has 59 heavy (non-hydrogen) atoms. The van der Waals surface area contributed by atoms with Crippen LogP contribution in [0.5, 0.6) is 5.75 Å². The number of hydrogen-bond donors (Lipinski definition) is 1. The van der Waals surface area contributed by atoms with Gasteiger partial charge in [-0.05, 0) is 104 Å². The standard InChI is InChI=1S/C47H46ClN5O5S/c1-25-20-28(10-14-37(25)54)41-31-12-13-32-40(45(57)52(43(32)55)30-16-18-51(19-17-30)24-27-8-6-5-7-9-27)34(31)22-35-44(56)53(46(58)47(35,41)3)39-23-36(49-50(39)4)42-26(2)33-21-29(48)11-15-38(33)59-42/h5-12,14-15,20-21,23,30,32,34-35,40-41,54H,13,16-19,22,24H2,1-4H3. The molecule has 5 heterocycles. The summed E-state index contributed by atoms with van der Waals surface area (Å²) in [5.41, 5.74) is 4.10. The summed E-state index contributed by atoms with van der Waals surface area (Å²) in [4.78, 5) is 65.5. The monoisotopic (exact) mass is 827 g/mol. The lowest BCUT2D eigenvalue weighted by molar-refractivity contribution is -0.144. The van der Waals surface area contributed by atoms with E-state index in [1.165, 1.54) is 10.5 Å². The van der Waals surface area contributed by atoms with Crippen LogP contribution in [0.25, 0.3) is 20.7 Å². The van der Waals surface area contributed by atoms with Crippen LogP contribution in [0.3, 0.4) is 0 Å². The number of thiophene rings is 1. The fourth-order valence-electron chi connectivity index (χ4n) is 11.2. The van der Waals surface area contributed by atoms with E-state index in [0.717, 1.165) is 51.3 Å². The fourth-order valence-corrected chi connectivity index (χ4v) is 12.6. The largest absolute Gasteiger partial charge is 0.508 e. The van der Waals surface area contributed by atoms with Crippen LogP contribution in [-0.4, -0.2) is 67.4 Å². The molecule has 5 aliphatic rings. The Bertz CT molecular complexity index is 2630. The molecule has 4 fully saturated rings. The molecule has 3 saturated heterocycles. The van der Waals surface area contributed by atoms with Crippen molar-refractivity contribution in [2.45, 2.75) is 65.0 Å². The molecule has 6 atom stereocenters. The van der Waals surface area contributed by atoms with Gasteiger partial charge in [0.25, 0.3) is 0 Å². The molecule has 12 heteroatoms. The van der Waals surface area contributed by atoms with Crippen molar-refractivity contribution >= 4 is 62.5 Å². The normalized spacial score (nSPS) is 27.4. The molecule has 10 rings (SSSR count). The molecule has 2 aromatic heterocycles. The highest BCUT2D eigenvalue weighted by Crippen LogP contribution is 2.64. The highest BCUT2D eigenvalue weighted by Gasteiger charge is 2.68. The number of allylic oxidation sites excluding steroid dienone is 2. The fraction of sp³-hybridized carbons (Fsp3) is 0.383. The van der Waals surface area contributed by atoms with E-state index < -0.39 is 35.0 Å². The minimum absolute atomic E-state index is 0.112. The van der Waals surface area contributed by atoms with Gasteiger partial charge in [-0.3, -0.25) is 33.7 Å². The second-order valence-corrected chi connectivity index (χ2v) is 18.9. The number of benzene rings is 3. The minimum atomic E-state index is -1.21. The molecule has 3 aromatic carbocycles. The number of imide groups is 2. The maximum atomic E-state index is 15.2.